The lowest BCUT2D eigenvalue weighted by molar-refractivity contribution is -0.159. The van der Waals surface area contributed by atoms with Crippen LogP contribution in [0.15, 0.2) is 18.2 Å². The topological polar surface area (TPSA) is 61.8 Å². The number of esters is 2. The standard InChI is InChI=1S/C20H30O5/c1-13-12-16(23-7)8-9-17(13)14(2)15(3)24-18(21)10-11-19(22)25-20(4,5)6/h8-9,12,14-15H,10-11H2,1-7H3/t14-,15+/m0/s1. The van der Waals surface area contributed by atoms with Crippen molar-refractivity contribution in [2.24, 2.45) is 0 Å². The maximum atomic E-state index is 12.0. The summed E-state index contributed by atoms with van der Waals surface area (Å²) in [6, 6.07) is 5.85. The molecule has 0 spiro atoms. The molecule has 0 N–H and O–H groups in total. The van der Waals surface area contributed by atoms with Crippen LogP contribution in [0.3, 0.4) is 0 Å². The fourth-order valence-corrected chi connectivity index (χ4v) is 2.50. The molecule has 0 fully saturated rings. The molecule has 0 radical (unpaired) electrons. The van der Waals surface area contributed by atoms with Crippen LogP contribution in [0.2, 0.25) is 0 Å². The van der Waals surface area contributed by atoms with Gasteiger partial charge in [0, 0.05) is 5.92 Å². The van der Waals surface area contributed by atoms with Gasteiger partial charge in [0.1, 0.15) is 17.5 Å². The average molecular weight is 350 g/mol. The van der Waals surface area contributed by atoms with Gasteiger partial charge in [0.2, 0.25) is 0 Å². The van der Waals surface area contributed by atoms with Gasteiger partial charge in [0.25, 0.3) is 0 Å². The lowest BCUT2D eigenvalue weighted by Gasteiger charge is -2.23. The van der Waals surface area contributed by atoms with E-state index >= 15 is 0 Å². The summed E-state index contributed by atoms with van der Waals surface area (Å²) in [5, 5.41) is 0. The molecule has 0 saturated heterocycles. The summed E-state index contributed by atoms with van der Waals surface area (Å²) in [6.45, 7) is 11.3. The molecule has 1 aromatic rings. The Kier molecular flexibility index (Phi) is 7.46. The van der Waals surface area contributed by atoms with Gasteiger partial charge in [0.05, 0.1) is 20.0 Å². The maximum absolute atomic E-state index is 12.0. The van der Waals surface area contributed by atoms with Crippen molar-refractivity contribution < 1.29 is 23.8 Å². The summed E-state index contributed by atoms with van der Waals surface area (Å²) in [5.41, 5.74) is 1.64. The van der Waals surface area contributed by atoms with Crippen LogP contribution < -0.4 is 4.74 Å². The summed E-state index contributed by atoms with van der Waals surface area (Å²) in [4.78, 5) is 23.7. The average Bonchev–Trinajstić information content (AvgIpc) is 2.50. The number of carbonyl (C=O) groups is 2. The number of ether oxygens (including phenoxy) is 3. The molecule has 0 heterocycles. The largest absolute Gasteiger partial charge is 0.497 e. The van der Waals surface area contributed by atoms with Crippen LogP contribution in [0.25, 0.3) is 0 Å². The molecule has 2 atom stereocenters. The van der Waals surface area contributed by atoms with Crippen molar-refractivity contribution >= 4 is 11.9 Å². The Hall–Kier alpha value is -2.04. The van der Waals surface area contributed by atoms with E-state index in [1.165, 1.54) is 0 Å². The maximum Gasteiger partial charge on any atom is 0.306 e. The van der Waals surface area contributed by atoms with E-state index in [2.05, 4.69) is 0 Å². The number of hydrogen-bond acceptors (Lipinski definition) is 5. The lowest BCUT2D eigenvalue weighted by Crippen LogP contribution is -2.25. The fraction of sp³-hybridized carbons (Fsp3) is 0.600. The number of aryl methyl sites for hydroxylation is 1. The Morgan fingerprint density at radius 3 is 2.20 bits per heavy atom. The molecular weight excluding hydrogens is 320 g/mol. The van der Waals surface area contributed by atoms with Gasteiger partial charge in [-0.15, -0.1) is 0 Å². The second-order valence-corrected chi connectivity index (χ2v) is 7.29. The molecule has 1 aromatic carbocycles. The zero-order valence-electron chi connectivity index (χ0n) is 16.3. The fourth-order valence-electron chi connectivity index (χ4n) is 2.50. The van der Waals surface area contributed by atoms with Crippen LogP contribution in [0.5, 0.6) is 5.75 Å². The Bertz CT molecular complexity index is 601. The van der Waals surface area contributed by atoms with Crippen molar-refractivity contribution in [2.75, 3.05) is 7.11 Å². The monoisotopic (exact) mass is 350 g/mol. The van der Waals surface area contributed by atoms with Gasteiger partial charge >= 0.3 is 11.9 Å². The molecule has 5 nitrogen and oxygen atoms in total. The number of rotatable bonds is 7. The molecule has 0 unspecified atom stereocenters. The van der Waals surface area contributed by atoms with Gasteiger partial charge in [-0.05, 0) is 57.9 Å². The Balaban J connectivity index is 2.56. The van der Waals surface area contributed by atoms with Gasteiger partial charge in [-0.25, -0.2) is 0 Å². The summed E-state index contributed by atoms with van der Waals surface area (Å²) in [5.74, 6) is 0.0550. The predicted molar refractivity (Wildman–Crippen MR) is 96.8 cm³/mol. The highest BCUT2D eigenvalue weighted by Crippen LogP contribution is 2.27. The zero-order valence-corrected chi connectivity index (χ0v) is 16.3. The first-order valence-corrected chi connectivity index (χ1v) is 8.59. The van der Waals surface area contributed by atoms with E-state index in [0.29, 0.717) is 0 Å². The molecule has 0 aromatic heterocycles. The van der Waals surface area contributed by atoms with Crippen molar-refractivity contribution in [1.82, 2.24) is 0 Å². The van der Waals surface area contributed by atoms with Crippen LogP contribution in [0.1, 0.15) is 64.5 Å². The Labute approximate surface area is 150 Å². The van der Waals surface area contributed by atoms with Gasteiger partial charge in [-0.1, -0.05) is 13.0 Å². The molecule has 0 aliphatic heterocycles. The second kappa shape index (κ2) is 8.88. The van der Waals surface area contributed by atoms with E-state index in [1.807, 2.05) is 39.0 Å². The van der Waals surface area contributed by atoms with Crippen molar-refractivity contribution in [3.63, 3.8) is 0 Å². The lowest BCUT2D eigenvalue weighted by atomic mass is 9.92. The normalized spacial score (nSPS) is 13.7. The smallest absolute Gasteiger partial charge is 0.306 e. The number of carbonyl (C=O) groups excluding carboxylic acids is 2. The van der Waals surface area contributed by atoms with Crippen LogP contribution in [-0.2, 0) is 19.1 Å². The van der Waals surface area contributed by atoms with Gasteiger partial charge in [0.15, 0.2) is 0 Å². The van der Waals surface area contributed by atoms with Gasteiger partial charge in [-0.3, -0.25) is 9.59 Å². The first-order chi connectivity index (χ1) is 11.5. The molecule has 25 heavy (non-hydrogen) atoms. The number of hydrogen-bond donors (Lipinski definition) is 0. The Morgan fingerprint density at radius 1 is 1.08 bits per heavy atom. The van der Waals surface area contributed by atoms with Crippen molar-refractivity contribution in [2.45, 2.75) is 72.0 Å². The van der Waals surface area contributed by atoms with E-state index in [9.17, 15) is 9.59 Å². The third kappa shape index (κ3) is 7.16. The Morgan fingerprint density at radius 2 is 1.68 bits per heavy atom. The second-order valence-electron chi connectivity index (χ2n) is 7.29. The summed E-state index contributed by atoms with van der Waals surface area (Å²) >= 11 is 0. The van der Waals surface area contributed by atoms with Crippen LogP contribution in [0.4, 0.5) is 0 Å². The predicted octanol–water partition coefficient (Wildman–Crippen LogP) is 4.16. The highest BCUT2D eigenvalue weighted by atomic mass is 16.6. The molecule has 1 rings (SSSR count). The molecule has 140 valence electrons. The van der Waals surface area contributed by atoms with Gasteiger partial charge in [-0.2, -0.15) is 0 Å². The first kappa shape index (κ1) is 21.0. The zero-order chi connectivity index (χ0) is 19.2. The summed E-state index contributed by atoms with van der Waals surface area (Å²) in [7, 11) is 1.63. The first-order valence-electron chi connectivity index (χ1n) is 8.59. The molecule has 0 bridgehead atoms. The molecule has 5 heteroatoms. The van der Waals surface area contributed by atoms with Crippen molar-refractivity contribution in [1.29, 1.82) is 0 Å². The highest BCUT2D eigenvalue weighted by molar-refractivity contribution is 5.78. The molecule has 0 amide bonds. The van der Waals surface area contributed by atoms with Crippen LogP contribution in [0, 0.1) is 6.92 Å². The third-order valence-corrected chi connectivity index (χ3v) is 3.94. The van der Waals surface area contributed by atoms with E-state index in [0.717, 1.165) is 16.9 Å². The molecule has 0 saturated carbocycles. The number of methoxy groups -OCH3 is 1. The minimum Gasteiger partial charge on any atom is -0.497 e. The molecule has 0 aliphatic carbocycles. The van der Waals surface area contributed by atoms with E-state index < -0.39 is 17.5 Å². The SMILES string of the molecule is COc1ccc([C@@H](C)[C@@H](C)OC(=O)CCC(=O)OC(C)(C)C)c(C)c1. The molecular formula is C20H30O5. The van der Waals surface area contributed by atoms with E-state index in [4.69, 9.17) is 14.2 Å². The van der Waals surface area contributed by atoms with E-state index in [1.54, 1.807) is 27.9 Å². The number of benzene rings is 1. The van der Waals surface area contributed by atoms with E-state index in [-0.39, 0.29) is 24.9 Å². The van der Waals surface area contributed by atoms with Gasteiger partial charge < -0.3 is 14.2 Å². The van der Waals surface area contributed by atoms with Crippen LogP contribution >= 0.6 is 0 Å². The van der Waals surface area contributed by atoms with Crippen LogP contribution in [-0.4, -0.2) is 30.8 Å². The minimum atomic E-state index is -0.547. The summed E-state index contributed by atoms with van der Waals surface area (Å²) in [6.07, 6.45) is -0.245. The minimum absolute atomic E-state index is 0.0214. The summed E-state index contributed by atoms with van der Waals surface area (Å²) < 4.78 is 15.9. The van der Waals surface area contributed by atoms with Crippen molar-refractivity contribution in [3.05, 3.63) is 29.3 Å². The molecule has 0 aliphatic rings. The quantitative estimate of drug-likeness (QED) is 0.691. The highest BCUT2D eigenvalue weighted by Gasteiger charge is 2.22. The van der Waals surface area contributed by atoms with Crippen molar-refractivity contribution in [3.8, 4) is 5.75 Å². The third-order valence-electron chi connectivity index (χ3n) is 3.94.